The summed E-state index contributed by atoms with van der Waals surface area (Å²) in [5, 5.41) is 4.64. The molecule has 0 aliphatic carbocycles. The summed E-state index contributed by atoms with van der Waals surface area (Å²) in [4.78, 5) is 2.33. The summed E-state index contributed by atoms with van der Waals surface area (Å²) in [5.41, 5.74) is 2.55. The zero-order valence-corrected chi connectivity index (χ0v) is 12.8. The Labute approximate surface area is 126 Å². The zero-order valence-electron chi connectivity index (χ0n) is 10.5. The maximum absolute atomic E-state index is 6.41. The summed E-state index contributed by atoms with van der Waals surface area (Å²) in [6.07, 6.45) is 1.06. The van der Waals surface area contributed by atoms with Crippen molar-refractivity contribution in [1.29, 1.82) is 0 Å². The summed E-state index contributed by atoms with van der Waals surface area (Å²) >= 11 is 13.8. The number of hydrogen-bond acceptors (Lipinski definition) is 5. The highest BCUT2D eigenvalue weighted by atomic mass is 35.5. The molecule has 1 aromatic carbocycles. The van der Waals surface area contributed by atoms with Gasteiger partial charge in [-0.25, -0.2) is 0 Å². The minimum absolute atomic E-state index is 0.428. The van der Waals surface area contributed by atoms with Gasteiger partial charge >= 0.3 is 0 Å². The van der Waals surface area contributed by atoms with Crippen molar-refractivity contribution in [3.8, 4) is 0 Å². The van der Waals surface area contributed by atoms with Crippen LogP contribution in [0.2, 0.25) is 10.0 Å². The molecule has 7 heteroatoms. The first-order chi connectivity index (χ1) is 9.22. The molecule has 1 aromatic heterocycles. The van der Waals surface area contributed by atoms with Gasteiger partial charge < -0.3 is 10.2 Å². The molecule has 1 saturated heterocycles. The Kier molecular flexibility index (Phi) is 3.80. The Morgan fingerprint density at radius 1 is 1.37 bits per heavy atom. The Hall–Kier alpha value is -0.620. The average Bonchev–Trinajstić information content (AvgIpc) is 2.89. The van der Waals surface area contributed by atoms with Gasteiger partial charge in [-0.2, -0.15) is 8.75 Å². The molecule has 0 saturated carbocycles. The van der Waals surface area contributed by atoms with E-state index in [4.69, 9.17) is 23.2 Å². The van der Waals surface area contributed by atoms with E-state index in [2.05, 4.69) is 25.9 Å². The Morgan fingerprint density at radius 3 is 2.95 bits per heavy atom. The summed E-state index contributed by atoms with van der Waals surface area (Å²) in [6, 6.07) is 2.20. The summed E-state index contributed by atoms with van der Waals surface area (Å²) in [7, 11) is 0. The lowest BCUT2D eigenvalue weighted by molar-refractivity contribution is 0.467. The Balaban J connectivity index is 2.15. The third-order valence-electron chi connectivity index (χ3n) is 3.53. The molecule has 1 aliphatic rings. The number of nitrogens with zero attached hydrogens (tertiary/aromatic N) is 3. The molecular formula is C12H14Cl2N4S. The lowest BCUT2D eigenvalue weighted by Crippen LogP contribution is -2.51. The highest BCUT2D eigenvalue weighted by molar-refractivity contribution is 7.00. The van der Waals surface area contributed by atoms with Crippen LogP contribution in [0.25, 0.3) is 11.0 Å². The predicted molar refractivity (Wildman–Crippen MR) is 81.7 cm³/mol. The smallest absolute Gasteiger partial charge is 0.131 e. The Bertz CT molecular complexity index is 601. The molecule has 2 aromatic rings. The van der Waals surface area contributed by atoms with Crippen LogP contribution in [0.1, 0.15) is 13.3 Å². The quantitative estimate of drug-likeness (QED) is 0.923. The van der Waals surface area contributed by atoms with Crippen molar-refractivity contribution in [3.63, 3.8) is 0 Å². The monoisotopic (exact) mass is 316 g/mol. The second kappa shape index (κ2) is 5.40. The number of piperazine rings is 1. The predicted octanol–water partition coefficient (Wildman–Crippen LogP) is 3.19. The second-order valence-corrected chi connectivity index (χ2v) is 5.95. The van der Waals surface area contributed by atoms with Crippen LogP contribution in [0.3, 0.4) is 0 Å². The molecule has 19 heavy (non-hydrogen) atoms. The molecule has 2 heterocycles. The lowest BCUT2D eigenvalue weighted by Gasteiger charge is -2.38. The van der Waals surface area contributed by atoms with E-state index in [1.165, 1.54) is 11.7 Å². The number of benzene rings is 1. The molecule has 102 valence electrons. The maximum Gasteiger partial charge on any atom is 0.131 e. The van der Waals surface area contributed by atoms with Crippen LogP contribution >= 0.6 is 34.9 Å². The third kappa shape index (κ3) is 2.29. The van der Waals surface area contributed by atoms with Gasteiger partial charge in [-0.1, -0.05) is 30.1 Å². The summed E-state index contributed by atoms with van der Waals surface area (Å²) in [6.45, 7) is 5.03. The van der Waals surface area contributed by atoms with Gasteiger partial charge in [0.1, 0.15) is 11.0 Å². The molecular weight excluding hydrogens is 303 g/mol. The fraction of sp³-hybridized carbons (Fsp3) is 0.500. The van der Waals surface area contributed by atoms with Gasteiger partial charge in [0, 0.05) is 25.7 Å². The van der Waals surface area contributed by atoms with Gasteiger partial charge in [-0.05, 0) is 12.5 Å². The van der Waals surface area contributed by atoms with Crippen LogP contribution in [-0.2, 0) is 0 Å². The van der Waals surface area contributed by atoms with Crippen molar-refractivity contribution < 1.29 is 0 Å². The molecule has 1 N–H and O–H groups in total. The first-order valence-corrected chi connectivity index (χ1v) is 7.78. The van der Waals surface area contributed by atoms with Crippen molar-refractivity contribution in [2.45, 2.75) is 19.4 Å². The highest BCUT2D eigenvalue weighted by Gasteiger charge is 2.26. The zero-order chi connectivity index (χ0) is 13.4. The topological polar surface area (TPSA) is 41.0 Å². The summed E-state index contributed by atoms with van der Waals surface area (Å²) < 4.78 is 8.65. The maximum atomic E-state index is 6.41. The lowest BCUT2D eigenvalue weighted by atomic mass is 10.1. The first kappa shape index (κ1) is 13.4. The van der Waals surface area contributed by atoms with Crippen LogP contribution in [-0.4, -0.2) is 34.4 Å². The molecule has 0 bridgehead atoms. The molecule has 0 radical (unpaired) electrons. The normalized spacial score (nSPS) is 20.2. The molecule has 0 spiro atoms. The molecule has 4 nitrogen and oxygen atoms in total. The molecule has 3 rings (SSSR count). The van der Waals surface area contributed by atoms with Crippen molar-refractivity contribution in [3.05, 3.63) is 16.1 Å². The molecule has 1 aliphatic heterocycles. The van der Waals surface area contributed by atoms with Crippen LogP contribution < -0.4 is 10.2 Å². The summed E-state index contributed by atoms with van der Waals surface area (Å²) in [5.74, 6) is 0. The average molecular weight is 317 g/mol. The fourth-order valence-corrected chi connectivity index (χ4v) is 3.77. The van der Waals surface area contributed by atoms with Crippen LogP contribution in [0.15, 0.2) is 6.07 Å². The van der Waals surface area contributed by atoms with Gasteiger partial charge in [0.05, 0.1) is 27.5 Å². The van der Waals surface area contributed by atoms with Crippen molar-refractivity contribution in [2.75, 3.05) is 24.5 Å². The fourth-order valence-electron chi connectivity index (χ4n) is 2.55. The van der Waals surface area contributed by atoms with Gasteiger partial charge in [0.2, 0.25) is 0 Å². The number of rotatable bonds is 2. The number of fused-ring (bicyclic) bond motifs is 1. The SMILES string of the molecule is CCC1CNCCN1c1c(Cl)cc(Cl)c2nsnc12. The van der Waals surface area contributed by atoms with Gasteiger partial charge in [0.25, 0.3) is 0 Å². The number of nitrogens with one attached hydrogen (secondary N) is 1. The van der Waals surface area contributed by atoms with E-state index in [9.17, 15) is 0 Å². The molecule has 1 fully saturated rings. The molecule has 0 amide bonds. The standard InChI is InChI=1S/C12H14Cl2N4S/c1-2-7-6-15-3-4-18(7)12-9(14)5-8(13)10-11(12)17-19-16-10/h5,7,15H,2-4,6H2,1H3. The van der Waals surface area contributed by atoms with Crippen LogP contribution in [0, 0.1) is 0 Å². The largest absolute Gasteiger partial charge is 0.363 e. The van der Waals surface area contributed by atoms with Gasteiger partial charge in [-0.15, -0.1) is 0 Å². The van der Waals surface area contributed by atoms with E-state index >= 15 is 0 Å². The Morgan fingerprint density at radius 2 is 2.16 bits per heavy atom. The van der Waals surface area contributed by atoms with Crippen molar-refractivity contribution in [2.24, 2.45) is 0 Å². The van der Waals surface area contributed by atoms with E-state index in [1.54, 1.807) is 6.07 Å². The van der Waals surface area contributed by atoms with Crippen molar-refractivity contribution >= 4 is 51.7 Å². The van der Waals surface area contributed by atoms with Crippen LogP contribution in [0.4, 0.5) is 5.69 Å². The first-order valence-electron chi connectivity index (χ1n) is 6.30. The van der Waals surface area contributed by atoms with E-state index in [0.29, 0.717) is 16.1 Å². The number of anilines is 1. The molecule has 1 atom stereocenters. The van der Waals surface area contributed by atoms with E-state index in [1.807, 2.05) is 0 Å². The minimum Gasteiger partial charge on any atom is -0.363 e. The van der Waals surface area contributed by atoms with Gasteiger partial charge in [-0.3, -0.25) is 0 Å². The van der Waals surface area contributed by atoms with E-state index in [0.717, 1.165) is 42.8 Å². The third-order valence-corrected chi connectivity index (χ3v) is 4.63. The van der Waals surface area contributed by atoms with E-state index in [-0.39, 0.29) is 0 Å². The van der Waals surface area contributed by atoms with Crippen LogP contribution in [0.5, 0.6) is 0 Å². The molecule has 1 unspecified atom stereocenters. The van der Waals surface area contributed by atoms with Gasteiger partial charge in [0.15, 0.2) is 0 Å². The second-order valence-electron chi connectivity index (χ2n) is 4.61. The minimum atomic E-state index is 0.428. The van der Waals surface area contributed by atoms with E-state index < -0.39 is 0 Å². The number of hydrogen-bond donors (Lipinski definition) is 1. The number of aromatic nitrogens is 2. The van der Waals surface area contributed by atoms with Crippen molar-refractivity contribution in [1.82, 2.24) is 14.1 Å². The highest BCUT2D eigenvalue weighted by Crippen LogP contribution is 2.38. The number of halogens is 2.